The maximum absolute atomic E-state index is 12.3. The van der Waals surface area contributed by atoms with Crippen LogP contribution in [0.3, 0.4) is 0 Å². The molecule has 1 unspecified atom stereocenters. The Balaban J connectivity index is 2.04. The van der Waals surface area contributed by atoms with Crippen LogP contribution in [0.25, 0.3) is 0 Å². The lowest BCUT2D eigenvalue weighted by Crippen LogP contribution is -2.56. The Labute approximate surface area is 179 Å². The SMILES string of the molecule is O=C(NC(NC(=S)Nc1ccccn1)C(Cl)(Cl)Cl)c1ccc(I)cc1. The summed E-state index contributed by atoms with van der Waals surface area (Å²) in [6, 6.07) is 12.3. The first-order valence-corrected chi connectivity index (χ1v) is 9.49. The van der Waals surface area contributed by atoms with Gasteiger partial charge in [-0.25, -0.2) is 4.98 Å². The molecule has 25 heavy (non-hydrogen) atoms. The zero-order valence-electron chi connectivity index (χ0n) is 12.5. The molecule has 0 bridgehead atoms. The smallest absolute Gasteiger partial charge is 0.252 e. The topological polar surface area (TPSA) is 66.1 Å². The van der Waals surface area contributed by atoms with Crippen molar-refractivity contribution in [3.8, 4) is 0 Å². The van der Waals surface area contributed by atoms with E-state index in [2.05, 4.69) is 43.5 Å². The summed E-state index contributed by atoms with van der Waals surface area (Å²) in [5.74, 6) is 0.118. The average molecular weight is 530 g/mol. The van der Waals surface area contributed by atoms with Crippen LogP contribution in [0.1, 0.15) is 10.4 Å². The van der Waals surface area contributed by atoms with Gasteiger partial charge in [0.15, 0.2) is 5.11 Å². The van der Waals surface area contributed by atoms with E-state index in [1.54, 1.807) is 48.7 Å². The van der Waals surface area contributed by atoms with E-state index in [0.717, 1.165) is 3.57 Å². The van der Waals surface area contributed by atoms with Crippen LogP contribution >= 0.6 is 69.6 Å². The zero-order valence-corrected chi connectivity index (χ0v) is 17.7. The van der Waals surface area contributed by atoms with E-state index in [-0.39, 0.29) is 5.11 Å². The van der Waals surface area contributed by atoms with Crippen molar-refractivity contribution in [1.82, 2.24) is 15.6 Å². The Bertz CT molecular complexity index is 741. The molecule has 1 aromatic heterocycles. The third-order valence-corrected chi connectivity index (χ3v) is 4.48. The average Bonchev–Trinajstić information content (AvgIpc) is 2.54. The van der Waals surface area contributed by atoms with Gasteiger partial charge < -0.3 is 16.0 Å². The molecule has 0 aliphatic rings. The quantitative estimate of drug-likeness (QED) is 0.241. The van der Waals surface area contributed by atoms with Crippen molar-refractivity contribution in [3.63, 3.8) is 0 Å². The molecule has 132 valence electrons. The predicted octanol–water partition coefficient (Wildman–Crippen LogP) is 4.10. The van der Waals surface area contributed by atoms with Crippen LogP contribution in [0.5, 0.6) is 0 Å². The van der Waals surface area contributed by atoms with Crippen molar-refractivity contribution in [2.45, 2.75) is 9.96 Å². The third kappa shape index (κ3) is 6.74. The highest BCUT2D eigenvalue weighted by Crippen LogP contribution is 2.29. The highest BCUT2D eigenvalue weighted by Gasteiger charge is 2.34. The molecule has 1 heterocycles. The van der Waals surface area contributed by atoms with Crippen molar-refractivity contribution >= 4 is 86.4 Å². The molecule has 1 aromatic carbocycles. The van der Waals surface area contributed by atoms with Gasteiger partial charge in [0.05, 0.1) is 0 Å². The first-order valence-electron chi connectivity index (χ1n) is 6.87. The monoisotopic (exact) mass is 528 g/mol. The molecule has 0 aliphatic carbocycles. The molecule has 2 rings (SSSR count). The minimum absolute atomic E-state index is 0.151. The lowest BCUT2D eigenvalue weighted by atomic mass is 10.2. The van der Waals surface area contributed by atoms with Gasteiger partial charge in [-0.3, -0.25) is 4.79 Å². The van der Waals surface area contributed by atoms with Gasteiger partial charge in [-0.15, -0.1) is 0 Å². The Morgan fingerprint density at radius 1 is 1.12 bits per heavy atom. The van der Waals surface area contributed by atoms with Gasteiger partial charge in [0.2, 0.25) is 3.79 Å². The molecule has 0 spiro atoms. The van der Waals surface area contributed by atoms with E-state index in [1.165, 1.54) is 0 Å². The molecule has 10 heteroatoms. The Morgan fingerprint density at radius 3 is 2.36 bits per heavy atom. The normalized spacial score (nSPS) is 12.2. The number of pyridine rings is 1. The number of hydrogen-bond acceptors (Lipinski definition) is 3. The number of benzene rings is 1. The van der Waals surface area contributed by atoms with Crippen LogP contribution in [-0.4, -0.2) is 26.0 Å². The van der Waals surface area contributed by atoms with Gasteiger partial charge in [0, 0.05) is 15.3 Å². The number of nitrogens with zero attached hydrogens (tertiary/aromatic N) is 1. The van der Waals surface area contributed by atoms with Crippen LogP contribution in [0, 0.1) is 3.57 Å². The molecule has 0 fully saturated rings. The van der Waals surface area contributed by atoms with E-state index in [9.17, 15) is 4.79 Å². The minimum Gasteiger partial charge on any atom is -0.339 e. The van der Waals surface area contributed by atoms with Crippen molar-refractivity contribution in [3.05, 3.63) is 57.8 Å². The highest BCUT2D eigenvalue weighted by molar-refractivity contribution is 14.1. The molecule has 0 radical (unpaired) electrons. The standard InChI is InChI=1S/C15H12Cl3IN4OS/c16-15(17,18)13(22-12(24)9-4-6-10(19)7-5-9)23-14(25)21-11-3-1-2-8-20-11/h1-8,13H,(H,22,24)(H2,20,21,23,25). The van der Waals surface area contributed by atoms with Crippen molar-refractivity contribution in [2.75, 3.05) is 5.32 Å². The molecule has 0 saturated heterocycles. The number of hydrogen-bond donors (Lipinski definition) is 3. The van der Waals surface area contributed by atoms with Gasteiger partial charge in [0.25, 0.3) is 5.91 Å². The van der Waals surface area contributed by atoms with Gasteiger partial charge in [-0.05, 0) is 71.2 Å². The maximum atomic E-state index is 12.3. The number of carbonyl (C=O) groups excluding carboxylic acids is 1. The van der Waals surface area contributed by atoms with Crippen LogP contribution in [0.2, 0.25) is 0 Å². The molecule has 1 atom stereocenters. The predicted molar refractivity (Wildman–Crippen MR) is 114 cm³/mol. The first kappa shape index (κ1) is 20.4. The summed E-state index contributed by atoms with van der Waals surface area (Å²) < 4.78 is -0.819. The number of alkyl halides is 3. The fourth-order valence-corrected chi connectivity index (χ4v) is 2.64. The number of halogens is 4. The Morgan fingerprint density at radius 2 is 1.80 bits per heavy atom. The first-order chi connectivity index (χ1) is 11.8. The van der Waals surface area contributed by atoms with E-state index in [0.29, 0.717) is 11.4 Å². The van der Waals surface area contributed by atoms with Crippen molar-refractivity contribution in [1.29, 1.82) is 0 Å². The highest BCUT2D eigenvalue weighted by atomic mass is 127. The third-order valence-electron chi connectivity index (χ3n) is 2.89. The number of amides is 1. The lowest BCUT2D eigenvalue weighted by Gasteiger charge is -2.27. The lowest BCUT2D eigenvalue weighted by molar-refractivity contribution is 0.0934. The number of thiocarbonyl (C=S) groups is 1. The van der Waals surface area contributed by atoms with Gasteiger partial charge in [-0.2, -0.15) is 0 Å². The molecule has 5 nitrogen and oxygen atoms in total. The molecular formula is C15H12Cl3IN4OS. The molecule has 3 N–H and O–H groups in total. The number of anilines is 1. The number of rotatable bonds is 4. The summed E-state index contributed by atoms with van der Waals surface area (Å²) >= 11 is 25.2. The molecule has 0 aliphatic heterocycles. The largest absolute Gasteiger partial charge is 0.339 e. The summed E-state index contributed by atoms with van der Waals surface area (Å²) in [6.07, 6.45) is 0.559. The van der Waals surface area contributed by atoms with Gasteiger partial charge in [0.1, 0.15) is 12.0 Å². The summed E-state index contributed by atoms with van der Waals surface area (Å²) in [4.78, 5) is 16.4. The number of nitrogens with one attached hydrogen (secondary N) is 3. The summed E-state index contributed by atoms with van der Waals surface area (Å²) in [7, 11) is 0. The van der Waals surface area contributed by atoms with Crippen LogP contribution in [0.15, 0.2) is 48.7 Å². The molecule has 1 amide bonds. The second-order valence-electron chi connectivity index (χ2n) is 4.77. The fraction of sp³-hybridized carbons (Fsp3) is 0.133. The summed E-state index contributed by atoms with van der Waals surface area (Å²) in [5, 5.41) is 8.38. The fourth-order valence-electron chi connectivity index (χ4n) is 1.74. The number of aromatic nitrogens is 1. The van der Waals surface area contributed by atoms with Crippen LogP contribution in [0.4, 0.5) is 5.82 Å². The minimum atomic E-state index is -1.82. The van der Waals surface area contributed by atoms with Crippen LogP contribution in [-0.2, 0) is 0 Å². The Hall–Kier alpha value is -0.870. The van der Waals surface area contributed by atoms with Crippen molar-refractivity contribution in [2.24, 2.45) is 0 Å². The van der Waals surface area contributed by atoms with E-state index < -0.39 is 15.9 Å². The summed E-state index contributed by atoms with van der Waals surface area (Å²) in [6.45, 7) is 0. The van der Waals surface area contributed by atoms with Crippen molar-refractivity contribution < 1.29 is 4.79 Å². The molecule has 2 aromatic rings. The number of carbonyl (C=O) groups is 1. The second-order valence-corrected chi connectivity index (χ2v) is 8.79. The molecule has 0 saturated carbocycles. The van der Waals surface area contributed by atoms with E-state index in [4.69, 9.17) is 47.0 Å². The van der Waals surface area contributed by atoms with Gasteiger partial charge in [-0.1, -0.05) is 40.9 Å². The molecular weight excluding hydrogens is 518 g/mol. The maximum Gasteiger partial charge on any atom is 0.252 e. The van der Waals surface area contributed by atoms with Gasteiger partial charge >= 0.3 is 0 Å². The second kappa shape index (κ2) is 9.18. The van der Waals surface area contributed by atoms with E-state index >= 15 is 0 Å². The zero-order chi connectivity index (χ0) is 18.4. The summed E-state index contributed by atoms with van der Waals surface area (Å²) in [5.41, 5.74) is 0.435. The van der Waals surface area contributed by atoms with E-state index in [1.807, 2.05) is 0 Å². The Kier molecular flexibility index (Phi) is 7.51. The van der Waals surface area contributed by atoms with Crippen LogP contribution < -0.4 is 16.0 Å².